The van der Waals surface area contributed by atoms with Crippen molar-refractivity contribution in [2.75, 3.05) is 6.54 Å². The summed E-state index contributed by atoms with van der Waals surface area (Å²) in [5.74, 6) is -0.191. The number of carbonyl (C=O) groups is 2. The van der Waals surface area contributed by atoms with Crippen molar-refractivity contribution in [3.8, 4) is 11.3 Å². The molecule has 0 radical (unpaired) electrons. The summed E-state index contributed by atoms with van der Waals surface area (Å²) in [4.78, 5) is 30.2. The molecular weight excluding hydrogens is 384 g/mol. The molecule has 0 bridgehead atoms. The average molecular weight is 404 g/mol. The second-order valence-corrected chi connectivity index (χ2v) is 7.57. The number of fused-ring (bicyclic) bond motifs is 1. The van der Waals surface area contributed by atoms with Crippen molar-refractivity contribution in [3.05, 3.63) is 76.2 Å². The lowest BCUT2D eigenvalue weighted by Gasteiger charge is -2.08. The summed E-state index contributed by atoms with van der Waals surface area (Å²) in [5, 5.41) is 9.20. The normalized spacial score (nSPS) is 10.9. The second-order valence-electron chi connectivity index (χ2n) is 6.62. The molecule has 1 amide bonds. The molecule has 0 unspecified atom stereocenters. The van der Waals surface area contributed by atoms with Crippen LogP contribution in [0, 0.1) is 0 Å². The molecule has 1 aromatic carbocycles. The molecule has 0 aliphatic carbocycles. The van der Waals surface area contributed by atoms with Gasteiger partial charge < -0.3 is 5.32 Å². The van der Waals surface area contributed by atoms with Crippen molar-refractivity contribution in [1.82, 2.24) is 19.9 Å². The molecule has 0 saturated carbocycles. The van der Waals surface area contributed by atoms with Crippen molar-refractivity contribution >= 4 is 28.7 Å². The lowest BCUT2D eigenvalue weighted by molar-refractivity contribution is 0.0952. The summed E-state index contributed by atoms with van der Waals surface area (Å²) in [6.07, 6.45) is 5.19. The van der Waals surface area contributed by atoms with E-state index < -0.39 is 0 Å². The van der Waals surface area contributed by atoms with E-state index in [1.54, 1.807) is 29.0 Å². The largest absolute Gasteiger partial charge is 0.352 e. The van der Waals surface area contributed by atoms with Crippen LogP contribution in [0.3, 0.4) is 0 Å². The molecular formula is C22H20N4O2S. The molecule has 6 nitrogen and oxygen atoms in total. The van der Waals surface area contributed by atoms with Gasteiger partial charge in [0, 0.05) is 23.9 Å². The van der Waals surface area contributed by atoms with E-state index in [0.29, 0.717) is 28.2 Å². The third kappa shape index (κ3) is 3.82. The Hall–Kier alpha value is -3.32. The summed E-state index contributed by atoms with van der Waals surface area (Å²) in [6.45, 7) is 2.75. The van der Waals surface area contributed by atoms with E-state index in [0.717, 1.165) is 24.1 Å². The van der Waals surface area contributed by atoms with Gasteiger partial charge in [-0.1, -0.05) is 31.5 Å². The van der Waals surface area contributed by atoms with Gasteiger partial charge >= 0.3 is 0 Å². The minimum atomic E-state index is -0.0976. The molecule has 1 N–H and O–H groups in total. The average Bonchev–Trinajstić information content (AvgIpc) is 3.43. The van der Waals surface area contributed by atoms with Gasteiger partial charge in [0.2, 0.25) is 5.78 Å². The molecule has 3 heterocycles. The second kappa shape index (κ2) is 8.36. The van der Waals surface area contributed by atoms with Gasteiger partial charge in [0.1, 0.15) is 0 Å². The van der Waals surface area contributed by atoms with Crippen LogP contribution in [0.5, 0.6) is 0 Å². The maximum absolute atomic E-state index is 12.8. The molecule has 0 spiro atoms. The standard InChI is InChI=1S/C22H20N4O2S/c1-2-3-10-24-22(28)16-7-4-6-15(13-16)18-9-11-23-21-17(14-25-26(18)21)20(27)19-8-5-12-29-19/h4-9,11-14H,2-3,10H2,1H3,(H,24,28). The highest BCUT2D eigenvalue weighted by molar-refractivity contribution is 7.12. The molecule has 0 aliphatic heterocycles. The Bertz CT molecular complexity index is 1160. The van der Waals surface area contributed by atoms with Crippen LogP contribution in [0.25, 0.3) is 16.9 Å². The number of thiophene rings is 1. The molecule has 7 heteroatoms. The van der Waals surface area contributed by atoms with Gasteiger partial charge in [-0.3, -0.25) is 9.59 Å². The first kappa shape index (κ1) is 19.0. The number of carbonyl (C=O) groups excluding carboxylic acids is 2. The summed E-state index contributed by atoms with van der Waals surface area (Å²) in [7, 11) is 0. The molecule has 4 aromatic rings. The number of hydrogen-bond acceptors (Lipinski definition) is 5. The first-order chi connectivity index (χ1) is 14.2. The van der Waals surface area contributed by atoms with Crippen LogP contribution in [0.15, 0.2) is 60.2 Å². The van der Waals surface area contributed by atoms with Crippen LogP contribution in [-0.2, 0) is 0 Å². The molecule has 3 aromatic heterocycles. The van der Waals surface area contributed by atoms with Gasteiger partial charge in [-0.2, -0.15) is 5.10 Å². The van der Waals surface area contributed by atoms with E-state index in [9.17, 15) is 9.59 Å². The number of unbranched alkanes of at least 4 members (excludes halogenated alkanes) is 1. The highest BCUT2D eigenvalue weighted by Gasteiger charge is 2.18. The maximum Gasteiger partial charge on any atom is 0.251 e. The summed E-state index contributed by atoms with van der Waals surface area (Å²) in [5.41, 5.74) is 3.15. The van der Waals surface area contributed by atoms with E-state index in [2.05, 4.69) is 22.3 Å². The Morgan fingerprint density at radius 1 is 1.17 bits per heavy atom. The molecule has 4 rings (SSSR count). The predicted molar refractivity (Wildman–Crippen MR) is 113 cm³/mol. The topological polar surface area (TPSA) is 76.4 Å². The number of hydrogen-bond donors (Lipinski definition) is 1. The maximum atomic E-state index is 12.8. The Kier molecular flexibility index (Phi) is 5.48. The van der Waals surface area contributed by atoms with Crippen molar-refractivity contribution in [2.45, 2.75) is 19.8 Å². The number of nitrogens with zero attached hydrogens (tertiary/aromatic N) is 3. The van der Waals surface area contributed by atoms with Crippen LogP contribution in [0.2, 0.25) is 0 Å². The van der Waals surface area contributed by atoms with Crippen LogP contribution in [0.1, 0.15) is 45.4 Å². The highest BCUT2D eigenvalue weighted by Crippen LogP contribution is 2.24. The molecule has 0 atom stereocenters. The summed E-state index contributed by atoms with van der Waals surface area (Å²) >= 11 is 1.39. The van der Waals surface area contributed by atoms with E-state index >= 15 is 0 Å². The number of benzene rings is 1. The number of amides is 1. The third-order valence-corrected chi connectivity index (χ3v) is 5.50. The van der Waals surface area contributed by atoms with Gasteiger partial charge in [-0.15, -0.1) is 11.3 Å². The van der Waals surface area contributed by atoms with Crippen LogP contribution >= 0.6 is 11.3 Å². The molecule has 0 saturated heterocycles. The lowest BCUT2D eigenvalue weighted by atomic mass is 10.1. The minimum absolute atomic E-state index is 0.0938. The fraction of sp³-hybridized carbons (Fsp3) is 0.182. The first-order valence-corrected chi connectivity index (χ1v) is 10.4. The van der Waals surface area contributed by atoms with Crippen molar-refractivity contribution < 1.29 is 9.59 Å². The van der Waals surface area contributed by atoms with Crippen LogP contribution in [0.4, 0.5) is 0 Å². The SMILES string of the molecule is CCCCNC(=O)c1cccc(-c2ccnc3c(C(=O)c4cccs4)cnn23)c1. The van der Waals surface area contributed by atoms with E-state index in [-0.39, 0.29) is 11.7 Å². The predicted octanol–water partition coefficient (Wildman–Crippen LogP) is 4.22. The molecule has 29 heavy (non-hydrogen) atoms. The summed E-state index contributed by atoms with van der Waals surface area (Å²) < 4.78 is 1.65. The number of rotatable bonds is 7. The van der Waals surface area contributed by atoms with Crippen LogP contribution in [-0.4, -0.2) is 32.8 Å². The molecule has 0 aliphatic rings. The first-order valence-electron chi connectivity index (χ1n) is 9.48. The van der Waals surface area contributed by atoms with E-state index in [1.165, 1.54) is 11.3 Å². The highest BCUT2D eigenvalue weighted by atomic mass is 32.1. The van der Waals surface area contributed by atoms with E-state index in [1.807, 2.05) is 35.7 Å². The van der Waals surface area contributed by atoms with Gasteiger partial charge in [0.05, 0.1) is 22.3 Å². The smallest absolute Gasteiger partial charge is 0.251 e. The zero-order valence-electron chi connectivity index (χ0n) is 16.0. The van der Waals surface area contributed by atoms with Gasteiger partial charge in [0.15, 0.2) is 5.65 Å². The quantitative estimate of drug-likeness (QED) is 0.370. The van der Waals surface area contributed by atoms with Crippen molar-refractivity contribution in [2.24, 2.45) is 0 Å². The van der Waals surface area contributed by atoms with E-state index in [4.69, 9.17) is 0 Å². The fourth-order valence-corrected chi connectivity index (χ4v) is 3.79. The fourth-order valence-electron chi connectivity index (χ4n) is 3.11. The Labute approximate surface area is 172 Å². The van der Waals surface area contributed by atoms with Gasteiger partial charge in [-0.25, -0.2) is 9.50 Å². The lowest BCUT2D eigenvalue weighted by Crippen LogP contribution is -2.24. The van der Waals surface area contributed by atoms with Gasteiger partial charge in [-0.05, 0) is 36.1 Å². The Balaban J connectivity index is 1.69. The zero-order chi connectivity index (χ0) is 20.2. The van der Waals surface area contributed by atoms with Gasteiger partial charge in [0.25, 0.3) is 5.91 Å². The number of aromatic nitrogens is 3. The third-order valence-electron chi connectivity index (χ3n) is 4.63. The Morgan fingerprint density at radius 2 is 2.07 bits per heavy atom. The number of nitrogens with one attached hydrogen (secondary N) is 1. The molecule has 146 valence electrons. The van der Waals surface area contributed by atoms with Crippen molar-refractivity contribution in [3.63, 3.8) is 0 Å². The zero-order valence-corrected chi connectivity index (χ0v) is 16.8. The number of ketones is 1. The minimum Gasteiger partial charge on any atom is -0.352 e. The monoisotopic (exact) mass is 404 g/mol. The van der Waals surface area contributed by atoms with Crippen LogP contribution < -0.4 is 5.32 Å². The molecule has 0 fully saturated rings. The Morgan fingerprint density at radius 3 is 2.86 bits per heavy atom. The summed E-state index contributed by atoms with van der Waals surface area (Å²) in [6, 6.07) is 12.8. The van der Waals surface area contributed by atoms with Crippen molar-refractivity contribution in [1.29, 1.82) is 0 Å².